The van der Waals surface area contributed by atoms with Crippen LogP contribution >= 0.6 is 11.6 Å². The summed E-state index contributed by atoms with van der Waals surface area (Å²) in [6, 6.07) is 0. The summed E-state index contributed by atoms with van der Waals surface area (Å²) in [7, 11) is -3.27. The number of nitrogens with one attached hydrogen (secondary N) is 1. The topological polar surface area (TPSA) is 85.1 Å². The SMILES string of the molecule is CC(CCl)CS(=O)(=O)NCCc1ncon1. The lowest BCUT2D eigenvalue weighted by Gasteiger charge is -2.09. The first-order valence-electron chi connectivity index (χ1n) is 4.82. The predicted molar refractivity (Wildman–Crippen MR) is 59.7 cm³/mol. The van der Waals surface area contributed by atoms with E-state index >= 15 is 0 Å². The number of alkyl halides is 1. The van der Waals surface area contributed by atoms with Gasteiger partial charge in [-0.2, -0.15) is 4.98 Å². The number of hydrogen-bond donors (Lipinski definition) is 1. The minimum atomic E-state index is -3.27. The van der Waals surface area contributed by atoms with E-state index in [1.165, 1.54) is 6.39 Å². The number of nitrogens with zero attached hydrogens (tertiary/aromatic N) is 2. The van der Waals surface area contributed by atoms with Crippen molar-refractivity contribution in [2.24, 2.45) is 5.92 Å². The Kier molecular flexibility index (Phi) is 5.17. The Labute approximate surface area is 99.4 Å². The van der Waals surface area contributed by atoms with Gasteiger partial charge in [0.1, 0.15) is 0 Å². The first kappa shape index (κ1) is 13.4. The Hall–Kier alpha value is -0.660. The van der Waals surface area contributed by atoms with Gasteiger partial charge < -0.3 is 4.52 Å². The molecule has 16 heavy (non-hydrogen) atoms. The van der Waals surface area contributed by atoms with Crippen LogP contribution in [-0.2, 0) is 16.4 Å². The molecule has 1 heterocycles. The van der Waals surface area contributed by atoms with Gasteiger partial charge in [-0.25, -0.2) is 13.1 Å². The molecule has 8 heteroatoms. The van der Waals surface area contributed by atoms with E-state index < -0.39 is 10.0 Å². The number of aromatic nitrogens is 2. The summed E-state index contributed by atoms with van der Waals surface area (Å²) in [6.07, 6.45) is 1.62. The van der Waals surface area contributed by atoms with Crippen molar-refractivity contribution in [3.05, 3.63) is 12.2 Å². The number of halogens is 1. The molecular formula is C8H14ClN3O3S. The molecule has 1 aromatic rings. The van der Waals surface area contributed by atoms with E-state index in [4.69, 9.17) is 11.6 Å². The molecule has 1 N–H and O–H groups in total. The molecule has 0 aliphatic rings. The number of sulfonamides is 1. The molecule has 0 saturated heterocycles. The van der Waals surface area contributed by atoms with Crippen LogP contribution < -0.4 is 4.72 Å². The van der Waals surface area contributed by atoms with Gasteiger partial charge >= 0.3 is 0 Å². The number of rotatable bonds is 7. The smallest absolute Gasteiger partial charge is 0.213 e. The van der Waals surface area contributed by atoms with Gasteiger partial charge in [0.05, 0.1) is 5.75 Å². The first-order valence-corrected chi connectivity index (χ1v) is 7.00. The van der Waals surface area contributed by atoms with E-state index in [9.17, 15) is 8.42 Å². The lowest BCUT2D eigenvalue weighted by molar-refractivity contribution is 0.409. The van der Waals surface area contributed by atoms with Crippen LogP contribution in [0.2, 0.25) is 0 Å². The van der Waals surface area contributed by atoms with Gasteiger partial charge in [0.2, 0.25) is 16.4 Å². The van der Waals surface area contributed by atoms with Crippen LogP contribution in [-0.4, -0.2) is 36.7 Å². The molecule has 1 rings (SSSR count). The third-order valence-corrected chi connectivity index (χ3v) is 4.02. The highest BCUT2D eigenvalue weighted by Crippen LogP contribution is 2.02. The monoisotopic (exact) mass is 267 g/mol. The Morgan fingerprint density at radius 2 is 2.38 bits per heavy atom. The molecule has 1 unspecified atom stereocenters. The van der Waals surface area contributed by atoms with Crippen molar-refractivity contribution in [1.29, 1.82) is 0 Å². The zero-order valence-corrected chi connectivity index (χ0v) is 10.5. The van der Waals surface area contributed by atoms with Gasteiger partial charge in [-0.3, -0.25) is 0 Å². The fourth-order valence-electron chi connectivity index (χ4n) is 1.10. The molecule has 0 aliphatic carbocycles. The summed E-state index contributed by atoms with van der Waals surface area (Å²) < 4.78 is 30.0. The second-order valence-corrected chi connectivity index (χ2v) is 5.69. The van der Waals surface area contributed by atoms with Crippen molar-refractivity contribution in [2.75, 3.05) is 18.2 Å². The van der Waals surface area contributed by atoms with Gasteiger partial charge in [0.15, 0.2) is 5.82 Å². The van der Waals surface area contributed by atoms with Gasteiger partial charge in [0, 0.05) is 18.8 Å². The van der Waals surface area contributed by atoms with Gasteiger partial charge in [-0.15, -0.1) is 11.6 Å². The maximum absolute atomic E-state index is 11.5. The van der Waals surface area contributed by atoms with E-state index in [0.29, 0.717) is 18.1 Å². The Balaban J connectivity index is 2.31. The molecule has 0 bridgehead atoms. The van der Waals surface area contributed by atoms with Crippen LogP contribution in [0, 0.1) is 5.92 Å². The quantitative estimate of drug-likeness (QED) is 0.723. The third kappa shape index (κ3) is 4.91. The van der Waals surface area contributed by atoms with Crippen LogP contribution in [0.25, 0.3) is 0 Å². The summed E-state index contributed by atoms with van der Waals surface area (Å²) in [6.45, 7) is 2.04. The van der Waals surface area contributed by atoms with Crippen molar-refractivity contribution in [1.82, 2.24) is 14.9 Å². The lowest BCUT2D eigenvalue weighted by atomic mass is 10.3. The summed E-state index contributed by atoms with van der Waals surface area (Å²) in [5.41, 5.74) is 0. The highest BCUT2D eigenvalue weighted by molar-refractivity contribution is 7.89. The largest absolute Gasteiger partial charge is 0.343 e. The first-order chi connectivity index (χ1) is 7.53. The average Bonchev–Trinajstić information content (AvgIpc) is 2.69. The zero-order chi connectivity index (χ0) is 12.0. The van der Waals surface area contributed by atoms with Crippen molar-refractivity contribution in [3.8, 4) is 0 Å². The fraction of sp³-hybridized carbons (Fsp3) is 0.750. The Morgan fingerprint density at radius 3 is 2.94 bits per heavy atom. The molecule has 0 amide bonds. The molecule has 6 nitrogen and oxygen atoms in total. The molecular weight excluding hydrogens is 254 g/mol. The Bertz CT molecular complexity index is 393. The fourth-order valence-corrected chi connectivity index (χ4v) is 2.74. The van der Waals surface area contributed by atoms with Crippen LogP contribution in [0.1, 0.15) is 12.7 Å². The molecule has 0 saturated carbocycles. The predicted octanol–water partition coefficient (Wildman–Crippen LogP) is 0.406. The molecule has 0 aliphatic heterocycles. The maximum atomic E-state index is 11.5. The summed E-state index contributed by atoms with van der Waals surface area (Å²) in [5.74, 6) is 0.770. The summed E-state index contributed by atoms with van der Waals surface area (Å²) >= 11 is 5.55. The third-order valence-electron chi connectivity index (χ3n) is 1.84. The summed E-state index contributed by atoms with van der Waals surface area (Å²) in [5, 5.41) is 3.57. The highest BCUT2D eigenvalue weighted by Gasteiger charge is 2.14. The van der Waals surface area contributed by atoms with E-state index in [2.05, 4.69) is 19.4 Å². The van der Waals surface area contributed by atoms with Crippen molar-refractivity contribution < 1.29 is 12.9 Å². The van der Waals surface area contributed by atoms with E-state index in [-0.39, 0.29) is 18.2 Å². The average molecular weight is 268 g/mol. The van der Waals surface area contributed by atoms with Gasteiger partial charge in [0.25, 0.3) is 0 Å². The molecule has 1 atom stereocenters. The van der Waals surface area contributed by atoms with Crippen molar-refractivity contribution in [3.63, 3.8) is 0 Å². The molecule has 0 fully saturated rings. The second kappa shape index (κ2) is 6.17. The second-order valence-electron chi connectivity index (χ2n) is 3.53. The highest BCUT2D eigenvalue weighted by atomic mass is 35.5. The van der Waals surface area contributed by atoms with E-state index in [1.54, 1.807) is 6.92 Å². The Morgan fingerprint density at radius 1 is 1.62 bits per heavy atom. The van der Waals surface area contributed by atoms with E-state index in [1.807, 2.05) is 0 Å². The molecule has 0 spiro atoms. The summed E-state index contributed by atoms with van der Waals surface area (Å²) in [4.78, 5) is 3.78. The zero-order valence-electron chi connectivity index (χ0n) is 8.89. The molecule has 1 aromatic heterocycles. The van der Waals surface area contributed by atoms with Crippen LogP contribution in [0.15, 0.2) is 10.9 Å². The van der Waals surface area contributed by atoms with Crippen LogP contribution in [0.3, 0.4) is 0 Å². The molecule has 0 radical (unpaired) electrons. The maximum Gasteiger partial charge on any atom is 0.213 e. The standard InChI is InChI=1S/C8H14ClN3O3S/c1-7(4-9)5-16(13,14)11-3-2-8-10-6-15-12-8/h6-7,11H,2-5H2,1H3. The lowest BCUT2D eigenvalue weighted by Crippen LogP contribution is -2.31. The molecule has 0 aromatic carbocycles. The van der Waals surface area contributed by atoms with Crippen LogP contribution in [0.4, 0.5) is 0 Å². The van der Waals surface area contributed by atoms with Crippen molar-refractivity contribution in [2.45, 2.75) is 13.3 Å². The van der Waals surface area contributed by atoms with Gasteiger partial charge in [-0.05, 0) is 5.92 Å². The minimum Gasteiger partial charge on any atom is -0.343 e. The van der Waals surface area contributed by atoms with Crippen molar-refractivity contribution >= 4 is 21.6 Å². The van der Waals surface area contributed by atoms with Gasteiger partial charge in [-0.1, -0.05) is 12.1 Å². The minimum absolute atomic E-state index is 0.0305. The number of hydrogen-bond acceptors (Lipinski definition) is 5. The van der Waals surface area contributed by atoms with E-state index in [0.717, 1.165) is 0 Å². The normalized spacial score (nSPS) is 13.9. The molecule has 92 valence electrons. The van der Waals surface area contributed by atoms with Crippen LogP contribution in [0.5, 0.6) is 0 Å².